The van der Waals surface area contributed by atoms with Crippen molar-refractivity contribution in [2.45, 2.75) is 82.6 Å². The van der Waals surface area contributed by atoms with Crippen LogP contribution < -0.4 is 0 Å². The highest BCUT2D eigenvalue weighted by Crippen LogP contribution is 2.36. The van der Waals surface area contributed by atoms with Gasteiger partial charge in [-0.3, -0.25) is 4.79 Å². The maximum atomic E-state index is 12.8. The molecule has 0 bridgehead atoms. The topological polar surface area (TPSA) is 181 Å². The number of hydrogen-bond donors (Lipinski definition) is 5. The van der Waals surface area contributed by atoms with Crippen LogP contribution in [0.1, 0.15) is 40.0 Å². The third-order valence-electron chi connectivity index (χ3n) is 6.64. The zero-order valence-electron chi connectivity index (χ0n) is 22.7. The van der Waals surface area contributed by atoms with Crippen LogP contribution in [-0.4, -0.2) is 100 Å². The van der Waals surface area contributed by atoms with Gasteiger partial charge in [0, 0.05) is 11.5 Å². The monoisotopic (exact) mass is 556 g/mol. The minimum atomic E-state index is -1.68. The molecule has 5 N–H and O–H groups in total. The number of carbonyl (C=O) groups excluding carboxylic acids is 2. The van der Waals surface area contributed by atoms with Crippen LogP contribution in [0.4, 0.5) is 0 Å². The summed E-state index contributed by atoms with van der Waals surface area (Å²) >= 11 is 0. The number of rotatable bonds is 12. The fraction of sp³-hybridized carbons (Fsp3) is 0.630. The minimum absolute atomic E-state index is 0.00548. The van der Waals surface area contributed by atoms with Crippen LogP contribution >= 0.6 is 0 Å². The Kier molecular flexibility index (Phi) is 12.3. The van der Waals surface area contributed by atoms with E-state index < -0.39 is 67.1 Å². The highest BCUT2D eigenvalue weighted by atomic mass is 16.8. The van der Waals surface area contributed by atoms with Crippen molar-refractivity contribution in [3.8, 4) is 0 Å². The first-order chi connectivity index (χ1) is 18.4. The van der Waals surface area contributed by atoms with Crippen molar-refractivity contribution in [3.05, 3.63) is 47.8 Å². The van der Waals surface area contributed by atoms with Crippen LogP contribution in [0.15, 0.2) is 47.8 Å². The quantitative estimate of drug-likeness (QED) is 0.165. The predicted octanol–water partition coefficient (Wildman–Crippen LogP) is 0.375. The smallest absolute Gasteiger partial charge is 0.337 e. The normalized spacial score (nSPS) is 32.0. The number of allylic oxidation sites excluding steroid dienone is 2. The molecule has 0 aromatic rings. The average Bonchev–Trinajstić information content (AvgIpc) is 2.91. The first-order valence-corrected chi connectivity index (χ1v) is 12.6. The summed E-state index contributed by atoms with van der Waals surface area (Å²) < 4.78 is 26.9. The number of ether oxygens (including phenoxy) is 5. The predicted molar refractivity (Wildman–Crippen MR) is 136 cm³/mol. The maximum Gasteiger partial charge on any atom is 0.337 e. The van der Waals surface area contributed by atoms with E-state index in [0.29, 0.717) is 18.4 Å². The van der Waals surface area contributed by atoms with Crippen LogP contribution in [0.25, 0.3) is 0 Å². The Hall–Kier alpha value is -2.58. The fourth-order valence-electron chi connectivity index (χ4n) is 4.12. The number of aliphatic hydroxyl groups is 5. The minimum Gasteiger partial charge on any atom is -0.468 e. The summed E-state index contributed by atoms with van der Waals surface area (Å²) in [5.74, 6) is -2.22. The molecule has 39 heavy (non-hydrogen) atoms. The highest BCUT2D eigenvalue weighted by Gasteiger charge is 2.46. The molecule has 0 aromatic carbocycles. The van der Waals surface area contributed by atoms with Gasteiger partial charge in [0.25, 0.3) is 0 Å². The second-order valence-electron chi connectivity index (χ2n) is 9.72. The number of methoxy groups -OCH3 is 1. The molecule has 0 amide bonds. The van der Waals surface area contributed by atoms with Crippen molar-refractivity contribution in [3.63, 3.8) is 0 Å². The molecule has 0 aliphatic carbocycles. The van der Waals surface area contributed by atoms with E-state index in [1.54, 1.807) is 26.8 Å². The van der Waals surface area contributed by atoms with Crippen molar-refractivity contribution in [2.75, 3.05) is 20.3 Å². The molecule has 1 fully saturated rings. The van der Waals surface area contributed by atoms with E-state index in [-0.39, 0.29) is 18.6 Å². The summed E-state index contributed by atoms with van der Waals surface area (Å²) in [7, 11) is 1.18. The Bertz CT molecular complexity index is 950. The second kappa shape index (κ2) is 14.7. The van der Waals surface area contributed by atoms with E-state index in [1.807, 2.05) is 6.08 Å². The van der Waals surface area contributed by atoms with Gasteiger partial charge in [-0.2, -0.15) is 0 Å². The Morgan fingerprint density at radius 1 is 1.21 bits per heavy atom. The first kappa shape index (κ1) is 32.6. The molecule has 12 heteroatoms. The Balaban J connectivity index is 2.13. The van der Waals surface area contributed by atoms with Gasteiger partial charge in [0.05, 0.1) is 37.6 Å². The third-order valence-corrected chi connectivity index (χ3v) is 6.64. The van der Waals surface area contributed by atoms with Gasteiger partial charge in [-0.25, -0.2) is 4.79 Å². The Morgan fingerprint density at radius 2 is 1.90 bits per heavy atom. The number of hydrogen-bond acceptors (Lipinski definition) is 12. The van der Waals surface area contributed by atoms with Crippen molar-refractivity contribution in [1.29, 1.82) is 0 Å². The zero-order valence-corrected chi connectivity index (χ0v) is 22.7. The lowest BCUT2D eigenvalue weighted by molar-refractivity contribution is -0.327. The van der Waals surface area contributed by atoms with Crippen LogP contribution in [0.3, 0.4) is 0 Å². The molecule has 2 aliphatic rings. The van der Waals surface area contributed by atoms with Crippen LogP contribution in [0.2, 0.25) is 0 Å². The Morgan fingerprint density at radius 3 is 2.49 bits per heavy atom. The number of esters is 2. The molecule has 8 unspecified atom stereocenters. The molecule has 0 aromatic heterocycles. The summed E-state index contributed by atoms with van der Waals surface area (Å²) in [4.78, 5) is 25.2. The maximum absolute atomic E-state index is 12.8. The third kappa shape index (κ3) is 8.70. The molecule has 2 heterocycles. The number of carbonyl (C=O) groups is 2. The lowest BCUT2D eigenvalue weighted by Crippen LogP contribution is -2.60. The summed E-state index contributed by atoms with van der Waals surface area (Å²) in [6.07, 6.45) is -2.15. The average molecular weight is 557 g/mol. The SMILES string of the molecule is C=CC(C)(O)CCC=C(C)COC(=O)CC1C(C(=O)OC)=COC(OC2OC(CO)C(O)C(O)C2O)C1=CC. The molecular formula is C27H40O12. The lowest BCUT2D eigenvalue weighted by Gasteiger charge is -2.41. The van der Waals surface area contributed by atoms with Crippen LogP contribution in [0, 0.1) is 5.92 Å². The van der Waals surface area contributed by atoms with Crippen molar-refractivity contribution in [2.24, 2.45) is 5.92 Å². The van der Waals surface area contributed by atoms with Crippen LogP contribution in [-0.2, 0) is 33.3 Å². The van der Waals surface area contributed by atoms with E-state index in [4.69, 9.17) is 23.7 Å². The highest BCUT2D eigenvalue weighted by molar-refractivity contribution is 5.90. The van der Waals surface area contributed by atoms with E-state index in [2.05, 4.69) is 6.58 Å². The summed E-state index contributed by atoms with van der Waals surface area (Å²) in [5.41, 5.74) is 0.138. The van der Waals surface area contributed by atoms with Gasteiger partial charge in [-0.15, -0.1) is 6.58 Å². The van der Waals surface area contributed by atoms with Crippen molar-refractivity contribution < 1.29 is 58.8 Å². The van der Waals surface area contributed by atoms with E-state index in [0.717, 1.165) is 11.8 Å². The van der Waals surface area contributed by atoms with Gasteiger partial charge in [-0.05, 0) is 39.2 Å². The first-order valence-electron chi connectivity index (χ1n) is 12.6. The molecular weight excluding hydrogens is 516 g/mol. The molecule has 0 spiro atoms. The van der Waals surface area contributed by atoms with E-state index >= 15 is 0 Å². The molecule has 2 rings (SSSR count). The van der Waals surface area contributed by atoms with Crippen LogP contribution in [0.5, 0.6) is 0 Å². The van der Waals surface area contributed by atoms with Gasteiger partial charge in [0.1, 0.15) is 31.0 Å². The molecule has 220 valence electrons. The van der Waals surface area contributed by atoms with Crippen molar-refractivity contribution in [1.82, 2.24) is 0 Å². The van der Waals surface area contributed by atoms with Gasteiger partial charge in [0.2, 0.25) is 6.29 Å². The largest absolute Gasteiger partial charge is 0.468 e. The van der Waals surface area contributed by atoms with Gasteiger partial charge < -0.3 is 49.2 Å². The molecule has 2 aliphatic heterocycles. The van der Waals surface area contributed by atoms with Gasteiger partial charge in [-0.1, -0.05) is 18.2 Å². The molecule has 8 atom stereocenters. The number of aliphatic hydroxyl groups excluding tert-OH is 4. The lowest BCUT2D eigenvalue weighted by atomic mass is 9.86. The summed E-state index contributed by atoms with van der Waals surface area (Å²) in [6.45, 7) is 8.01. The molecule has 0 saturated carbocycles. The second-order valence-corrected chi connectivity index (χ2v) is 9.72. The van der Waals surface area contributed by atoms with Crippen molar-refractivity contribution >= 4 is 11.9 Å². The Labute approximate surface area is 227 Å². The fourth-order valence-corrected chi connectivity index (χ4v) is 4.12. The molecule has 1 saturated heterocycles. The standard InChI is InChI=1S/C27H40O12/c1-6-16-17(11-20(29)36-13-15(3)9-8-10-27(4,34)7-2)18(24(33)35-5)14-37-25(16)39-26-23(32)22(31)21(30)19(12-28)38-26/h6-7,9,14,17,19,21-23,25-26,28,30-32,34H,2,8,10-13H2,1,3-5H3. The molecule has 12 nitrogen and oxygen atoms in total. The molecule has 0 radical (unpaired) electrons. The summed E-state index contributed by atoms with van der Waals surface area (Å²) in [5, 5.41) is 49.8. The van der Waals surface area contributed by atoms with E-state index in [9.17, 15) is 35.1 Å². The summed E-state index contributed by atoms with van der Waals surface area (Å²) in [6, 6.07) is 0. The van der Waals surface area contributed by atoms with Gasteiger partial charge >= 0.3 is 11.9 Å². The zero-order chi connectivity index (χ0) is 29.3. The van der Waals surface area contributed by atoms with E-state index in [1.165, 1.54) is 13.2 Å². The van der Waals surface area contributed by atoms with Gasteiger partial charge in [0.15, 0.2) is 6.29 Å².